The Morgan fingerprint density at radius 1 is 1.14 bits per heavy atom. The van der Waals surface area contributed by atoms with Crippen molar-refractivity contribution in [3.05, 3.63) is 52.8 Å². The molecular formula is C15H19N5O2. The average molecular weight is 301 g/mol. The van der Waals surface area contributed by atoms with Gasteiger partial charge in [-0.1, -0.05) is 12.1 Å². The van der Waals surface area contributed by atoms with E-state index in [0.29, 0.717) is 18.7 Å². The van der Waals surface area contributed by atoms with Crippen molar-refractivity contribution in [1.29, 1.82) is 0 Å². The van der Waals surface area contributed by atoms with Crippen LogP contribution in [0.4, 0.5) is 4.79 Å². The lowest BCUT2D eigenvalue weighted by molar-refractivity contribution is 0.0963. The van der Waals surface area contributed by atoms with Crippen molar-refractivity contribution in [3.63, 3.8) is 0 Å². The number of aromatic amines is 1. The fourth-order valence-electron chi connectivity index (χ4n) is 1.89. The highest BCUT2D eigenvalue weighted by Crippen LogP contribution is 2.04. The van der Waals surface area contributed by atoms with Gasteiger partial charge in [0.15, 0.2) is 0 Å². The number of hydrogen-bond acceptors (Lipinski definition) is 3. The van der Waals surface area contributed by atoms with Crippen LogP contribution in [0.2, 0.25) is 0 Å². The van der Waals surface area contributed by atoms with Crippen molar-refractivity contribution in [2.45, 2.75) is 20.0 Å². The Balaban J connectivity index is 1.78. The summed E-state index contributed by atoms with van der Waals surface area (Å²) >= 11 is 0. The van der Waals surface area contributed by atoms with Gasteiger partial charge in [-0.2, -0.15) is 5.10 Å². The van der Waals surface area contributed by atoms with E-state index in [1.807, 2.05) is 19.1 Å². The molecule has 1 aromatic carbocycles. The van der Waals surface area contributed by atoms with E-state index >= 15 is 0 Å². The highest BCUT2D eigenvalue weighted by molar-refractivity contribution is 5.93. The van der Waals surface area contributed by atoms with Crippen molar-refractivity contribution in [3.8, 4) is 0 Å². The van der Waals surface area contributed by atoms with E-state index in [9.17, 15) is 9.59 Å². The second kappa shape index (κ2) is 7.26. The van der Waals surface area contributed by atoms with Gasteiger partial charge in [0.1, 0.15) is 0 Å². The van der Waals surface area contributed by atoms with E-state index in [-0.39, 0.29) is 11.9 Å². The summed E-state index contributed by atoms with van der Waals surface area (Å²) < 4.78 is 0. The fraction of sp³-hybridized carbons (Fsp3) is 0.267. The lowest BCUT2D eigenvalue weighted by Gasteiger charge is -2.08. The van der Waals surface area contributed by atoms with Crippen LogP contribution in [0.1, 0.15) is 27.2 Å². The number of benzene rings is 1. The standard InChI is InChI=1S/C15H19N5O2/c1-10-13(9-19-20-10)8-18-15(22)17-7-11-3-5-12(6-4-11)14(21)16-2/h3-6,9H,7-8H2,1-2H3,(H,16,21)(H,19,20)(H2,17,18,22). The van der Waals surface area contributed by atoms with Gasteiger partial charge in [-0.3, -0.25) is 9.89 Å². The molecule has 0 saturated carbocycles. The number of rotatable bonds is 5. The van der Waals surface area contributed by atoms with Gasteiger partial charge in [0.05, 0.1) is 6.20 Å². The molecule has 0 atom stereocenters. The molecule has 22 heavy (non-hydrogen) atoms. The highest BCUT2D eigenvalue weighted by atomic mass is 16.2. The Kier molecular flexibility index (Phi) is 5.13. The second-order valence-electron chi connectivity index (χ2n) is 4.83. The Bertz CT molecular complexity index is 648. The molecule has 0 unspecified atom stereocenters. The Hall–Kier alpha value is -2.83. The van der Waals surface area contributed by atoms with E-state index in [1.165, 1.54) is 0 Å². The summed E-state index contributed by atoms with van der Waals surface area (Å²) in [4.78, 5) is 23.1. The van der Waals surface area contributed by atoms with Gasteiger partial charge in [0.25, 0.3) is 5.91 Å². The Morgan fingerprint density at radius 3 is 2.41 bits per heavy atom. The van der Waals surface area contributed by atoms with Crippen LogP contribution in [-0.2, 0) is 13.1 Å². The largest absolute Gasteiger partial charge is 0.355 e. The summed E-state index contributed by atoms with van der Waals surface area (Å²) in [6.07, 6.45) is 1.69. The number of H-pyrrole nitrogens is 1. The minimum atomic E-state index is -0.254. The van der Waals surface area contributed by atoms with E-state index in [4.69, 9.17) is 0 Å². The lowest BCUT2D eigenvalue weighted by atomic mass is 10.1. The zero-order valence-electron chi connectivity index (χ0n) is 12.6. The number of carbonyl (C=O) groups is 2. The maximum absolute atomic E-state index is 11.7. The summed E-state index contributed by atoms with van der Waals surface area (Å²) in [5.74, 6) is -0.132. The Morgan fingerprint density at radius 2 is 1.82 bits per heavy atom. The normalized spacial score (nSPS) is 10.1. The first-order valence-corrected chi connectivity index (χ1v) is 6.91. The minimum absolute atomic E-state index is 0.132. The lowest BCUT2D eigenvalue weighted by Crippen LogP contribution is -2.34. The van der Waals surface area contributed by atoms with Gasteiger partial charge in [-0.05, 0) is 24.6 Å². The zero-order chi connectivity index (χ0) is 15.9. The van der Waals surface area contributed by atoms with Gasteiger partial charge < -0.3 is 16.0 Å². The van der Waals surface area contributed by atoms with Crippen LogP contribution in [0, 0.1) is 6.92 Å². The number of nitrogens with zero attached hydrogens (tertiary/aromatic N) is 1. The summed E-state index contributed by atoms with van der Waals surface area (Å²) in [7, 11) is 1.59. The van der Waals surface area contributed by atoms with Gasteiger partial charge in [-0.25, -0.2) is 4.79 Å². The molecule has 2 aromatic rings. The van der Waals surface area contributed by atoms with Crippen LogP contribution in [0.25, 0.3) is 0 Å². The van der Waals surface area contributed by atoms with Gasteiger partial charge in [0.2, 0.25) is 0 Å². The average Bonchev–Trinajstić information content (AvgIpc) is 2.95. The quantitative estimate of drug-likeness (QED) is 0.665. The predicted molar refractivity (Wildman–Crippen MR) is 82.2 cm³/mol. The van der Waals surface area contributed by atoms with Crippen molar-refractivity contribution in [2.75, 3.05) is 7.05 Å². The van der Waals surface area contributed by atoms with Crippen LogP contribution >= 0.6 is 0 Å². The molecule has 2 rings (SSSR count). The van der Waals surface area contributed by atoms with E-state index < -0.39 is 0 Å². The van der Waals surface area contributed by atoms with Crippen LogP contribution in [0.3, 0.4) is 0 Å². The minimum Gasteiger partial charge on any atom is -0.355 e. The molecule has 0 radical (unpaired) electrons. The Labute approximate surface area is 128 Å². The number of urea groups is 1. The number of carbonyl (C=O) groups excluding carboxylic acids is 2. The summed E-state index contributed by atoms with van der Waals surface area (Å²) in [6.45, 7) is 2.71. The number of amides is 3. The number of hydrogen-bond donors (Lipinski definition) is 4. The molecule has 1 heterocycles. The van der Waals surface area contributed by atoms with Crippen LogP contribution in [0.15, 0.2) is 30.5 Å². The second-order valence-corrected chi connectivity index (χ2v) is 4.83. The molecule has 7 nitrogen and oxygen atoms in total. The van der Waals surface area contributed by atoms with Crippen molar-refractivity contribution < 1.29 is 9.59 Å². The van der Waals surface area contributed by atoms with Gasteiger partial charge in [0, 0.05) is 37.0 Å². The molecule has 7 heteroatoms. The van der Waals surface area contributed by atoms with E-state index in [0.717, 1.165) is 16.8 Å². The third-order valence-electron chi connectivity index (χ3n) is 3.27. The third-order valence-corrected chi connectivity index (χ3v) is 3.27. The molecule has 0 saturated heterocycles. The third kappa shape index (κ3) is 4.08. The predicted octanol–water partition coefficient (Wildman–Crippen LogP) is 1.08. The molecule has 0 spiro atoms. The van der Waals surface area contributed by atoms with E-state index in [1.54, 1.807) is 25.4 Å². The topological polar surface area (TPSA) is 98.9 Å². The summed E-state index contributed by atoms with van der Waals surface area (Å²) in [5, 5.41) is 14.8. The van der Waals surface area contributed by atoms with Crippen molar-refractivity contribution in [1.82, 2.24) is 26.1 Å². The number of aryl methyl sites for hydroxylation is 1. The molecule has 1 aromatic heterocycles. The molecule has 0 bridgehead atoms. The first-order valence-electron chi connectivity index (χ1n) is 6.91. The maximum Gasteiger partial charge on any atom is 0.315 e. The van der Waals surface area contributed by atoms with E-state index in [2.05, 4.69) is 26.1 Å². The molecule has 116 valence electrons. The smallest absolute Gasteiger partial charge is 0.315 e. The molecule has 0 fully saturated rings. The molecule has 0 aliphatic heterocycles. The number of aromatic nitrogens is 2. The van der Waals surface area contributed by atoms with Gasteiger partial charge in [-0.15, -0.1) is 0 Å². The molecular weight excluding hydrogens is 282 g/mol. The molecule has 0 aliphatic rings. The molecule has 3 amide bonds. The first kappa shape index (κ1) is 15.6. The first-order chi connectivity index (χ1) is 10.6. The molecule has 4 N–H and O–H groups in total. The number of nitrogens with one attached hydrogen (secondary N) is 4. The van der Waals surface area contributed by atoms with Crippen molar-refractivity contribution in [2.24, 2.45) is 0 Å². The van der Waals surface area contributed by atoms with Crippen molar-refractivity contribution >= 4 is 11.9 Å². The summed E-state index contributed by atoms with van der Waals surface area (Å²) in [5.41, 5.74) is 3.39. The molecule has 0 aliphatic carbocycles. The summed E-state index contributed by atoms with van der Waals surface area (Å²) in [6, 6.07) is 6.82. The monoisotopic (exact) mass is 301 g/mol. The van der Waals surface area contributed by atoms with Crippen LogP contribution < -0.4 is 16.0 Å². The van der Waals surface area contributed by atoms with Gasteiger partial charge >= 0.3 is 6.03 Å². The SMILES string of the molecule is CNC(=O)c1ccc(CNC(=O)NCc2cn[nH]c2C)cc1. The highest BCUT2D eigenvalue weighted by Gasteiger charge is 2.05. The van der Waals surface area contributed by atoms with Crippen LogP contribution in [-0.4, -0.2) is 29.2 Å². The van der Waals surface area contributed by atoms with Crippen LogP contribution in [0.5, 0.6) is 0 Å². The maximum atomic E-state index is 11.7. The zero-order valence-corrected chi connectivity index (χ0v) is 12.6. The fourth-order valence-corrected chi connectivity index (χ4v) is 1.89.